The van der Waals surface area contributed by atoms with Gasteiger partial charge in [-0.2, -0.15) is 0 Å². The van der Waals surface area contributed by atoms with E-state index < -0.39 is 20.0 Å². The lowest BCUT2D eigenvalue weighted by atomic mass is 10.1. The fraction of sp³-hybridized carbons (Fsp3) is 0.278. The zero-order valence-electron chi connectivity index (χ0n) is 28.5. The number of carbonyl (C=O) groups excluding carboxylic acids is 2. The van der Waals surface area contributed by atoms with Crippen LogP contribution in [0.5, 0.6) is 0 Å². The Kier molecular flexibility index (Phi) is 13.7. The van der Waals surface area contributed by atoms with Crippen LogP contribution in [0.2, 0.25) is 0 Å². The number of nitrogens with zero attached hydrogens (tertiary/aromatic N) is 2. The average molecular weight is 747 g/mol. The van der Waals surface area contributed by atoms with Gasteiger partial charge in [-0.3, -0.25) is 19.6 Å². The molecule has 0 atom stereocenters. The van der Waals surface area contributed by atoms with Gasteiger partial charge in [0.15, 0.2) is 0 Å². The van der Waals surface area contributed by atoms with Crippen molar-refractivity contribution in [2.24, 2.45) is 0 Å². The molecule has 274 valence electrons. The molecule has 5 rings (SSSR count). The van der Waals surface area contributed by atoms with Gasteiger partial charge in [0.2, 0.25) is 31.9 Å². The molecule has 0 unspecified atom stereocenters. The first-order valence-corrected chi connectivity index (χ1v) is 19.8. The lowest BCUT2D eigenvalue weighted by molar-refractivity contribution is -0.122. The van der Waals surface area contributed by atoms with Crippen molar-refractivity contribution in [3.63, 3.8) is 0 Å². The first-order valence-electron chi connectivity index (χ1n) is 16.8. The average Bonchev–Trinajstić information content (AvgIpc) is 3.15. The summed E-state index contributed by atoms with van der Waals surface area (Å²) in [4.78, 5) is 33.1. The minimum absolute atomic E-state index is 0.137. The molecule has 0 saturated heterocycles. The summed E-state index contributed by atoms with van der Waals surface area (Å²) in [7, 11) is -7.40. The summed E-state index contributed by atoms with van der Waals surface area (Å²) in [6.45, 7) is 2.57. The van der Waals surface area contributed by atoms with Crippen LogP contribution in [0.25, 0.3) is 21.5 Å². The number of fused-ring (bicyclic) bond motifs is 2. The summed E-state index contributed by atoms with van der Waals surface area (Å²) in [5, 5.41) is 14.6. The predicted molar refractivity (Wildman–Crippen MR) is 199 cm³/mol. The number of pyridine rings is 2. The number of nitrogens with one attached hydrogen (secondary N) is 6. The van der Waals surface area contributed by atoms with Crippen molar-refractivity contribution in [3.8, 4) is 0 Å². The number of aromatic nitrogens is 2. The molecule has 0 bridgehead atoms. The Bertz CT molecular complexity index is 2030. The highest BCUT2D eigenvalue weighted by Crippen LogP contribution is 2.22. The Morgan fingerprint density at radius 3 is 1.37 bits per heavy atom. The molecular formula is C36H42N8O6S2. The molecule has 0 fully saturated rings. The van der Waals surface area contributed by atoms with Gasteiger partial charge in [-0.05, 0) is 35.4 Å². The highest BCUT2D eigenvalue weighted by molar-refractivity contribution is 7.90. The van der Waals surface area contributed by atoms with Crippen molar-refractivity contribution in [3.05, 3.63) is 109 Å². The number of carbonyl (C=O) groups is 2. The zero-order valence-corrected chi connectivity index (χ0v) is 30.1. The van der Waals surface area contributed by atoms with E-state index >= 15 is 0 Å². The van der Waals surface area contributed by atoms with E-state index in [2.05, 4.69) is 40.7 Å². The highest BCUT2D eigenvalue weighted by Gasteiger charge is 2.17. The summed E-state index contributed by atoms with van der Waals surface area (Å²) in [5.74, 6) is -0.273. The lowest BCUT2D eigenvalue weighted by Gasteiger charge is -2.11. The molecule has 2 heterocycles. The minimum atomic E-state index is -3.70. The van der Waals surface area contributed by atoms with Crippen molar-refractivity contribution in [1.82, 2.24) is 40.7 Å². The number of sulfonamides is 2. The van der Waals surface area contributed by atoms with Crippen molar-refractivity contribution < 1.29 is 26.4 Å². The summed E-state index contributed by atoms with van der Waals surface area (Å²) in [6.07, 6.45) is 6.83. The minimum Gasteiger partial charge on any atom is -0.352 e. The van der Waals surface area contributed by atoms with Gasteiger partial charge in [0, 0.05) is 112 Å². The van der Waals surface area contributed by atoms with Crippen molar-refractivity contribution in [1.29, 1.82) is 0 Å². The van der Waals surface area contributed by atoms with Crippen LogP contribution in [0.4, 0.5) is 0 Å². The largest absolute Gasteiger partial charge is 0.352 e. The molecule has 52 heavy (non-hydrogen) atoms. The van der Waals surface area contributed by atoms with E-state index in [9.17, 15) is 26.4 Å². The Morgan fingerprint density at radius 1 is 0.519 bits per heavy atom. The van der Waals surface area contributed by atoms with E-state index in [0.29, 0.717) is 50.0 Å². The molecule has 6 N–H and O–H groups in total. The highest BCUT2D eigenvalue weighted by atomic mass is 32.2. The van der Waals surface area contributed by atoms with E-state index in [4.69, 9.17) is 0 Å². The fourth-order valence-electron chi connectivity index (χ4n) is 5.36. The standard InChI is InChI=1S/C36H42N8O6S2/c45-35(13-17-37-19-21-43-51(47,48)33-5-1-3-29-25-39-15-11-31(29)33)41-23-27-7-9-28(10-8-27)24-42-36(46)14-18-38-20-22-44-52(49,50)34-6-2-4-30-26-40-16-12-32(30)34/h1-12,15-16,25-26,37-38,43-44H,13-14,17-24H2,(H,41,45)(H,42,46). The van der Waals surface area contributed by atoms with Gasteiger partial charge < -0.3 is 21.3 Å². The lowest BCUT2D eigenvalue weighted by Crippen LogP contribution is -2.34. The molecule has 0 aliphatic rings. The van der Waals surface area contributed by atoms with Gasteiger partial charge in [-0.25, -0.2) is 26.3 Å². The van der Waals surface area contributed by atoms with E-state index in [1.807, 2.05) is 36.4 Å². The molecule has 0 radical (unpaired) electrons. The van der Waals surface area contributed by atoms with Crippen LogP contribution in [0.15, 0.2) is 107 Å². The van der Waals surface area contributed by atoms with Crippen LogP contribution < -0.4 is 30.7 Å². The molecule has 5 aromatic rings. The normalized spacial score (nSPS) is 11.8. The van der Waals surface area contributed by atoms with E-state index in [-0.39, 0.29) is 47.5 Å². The Hall–Kier alpha value is -4.84. The van der Waals surface area contributed by atoms with Crippen molar-refractivity contribution in [2.75, 3.05) is 39.3 Å². The van der Waals surface area contributed by atoms with Gasteiger partial charge >= 0.3 is 0 Å². The van der Waals surface area contributed by atoms with E-state index in [1.54, 1.807) is 61.2 Å². The van der Waals surface area contributed by atoms with Gasteiger partial charge in [0.05, 0.1) is 9.79 Å². The fourth-order valence-corrected chi connectivity index (χ4v) is 7.88. The van der Waals surface area contributed by atoms with E-state index in [0.717, 1.165) is 21.9 Å². The Labute approximate surface area is 303 Å². The maximum atomic E-state index is 12.8. The first-order chi connectivity index (χ1) is 25.1. The van der Waals surface area contributed by atoms with Crippen LogP contribution >= 0.6 is 0 Å². The monoisotopic (exact) mass is 746 g/mol. The predicted octanol–water partition coefficient (Wildman–Crippen LogP) is 1.93. The van der Waals surface area contributed by atoms with Gasteiger partial charge in [0.25, 0.3) is 0 Å². The second kappa shape index (κ2) is 18.6. The third kappa shape index (κ3) is 11.1. The number of amides is 2. The van der Waals surface area contributed by atoms with Gasteiger partial charge in [-0.15, -0.1) is 0 Å². The second-order valence-electron chi connectivity index (χ2n) is 11.9. The van der Waals surface area contributed by atoms with Crippen LogP contribution in [0, 0.1) is 0 Å². The molecular weight excluding hydrogens is 705 g/mol. The van der Waals surface area contributed by atoms with Gasteiger partial charge in [-0.1, -0.05) is 48.5 Å². The summed E-state index contributed by atoms with van der Waals surface area (Å²) >= 11 is 0. The Morgan fingerprint density at radius 2 is 0.942 bits per heavy atom. The molecule has 14 nitrogen and oxygen atoms in total. The molecule has 3 aromatic carbocycles. The third-order valence-corrected chi connectivity index (χ3v) is 11.1. The molecule has 0 spiro atoms. The third-order valence-electron chi connectivity index (χ3n) is 8.11. The summed E-state index contributed by atoms with van der Waals surface area (Å²) in [6, 6.07) is 21.0. The molecule has 0 aliphatic carbocycles. The summed E-state index contributed by atoms with van der Waals surface area (Å²) < 4.78 is 56.3. The van der Waals surface area contributed by atoms with Gasteiger partial charge in [0.1, 0.15) is 0 Å². The van der Waals surface area contributed by atoms with Crippen LogP contribution in [-0.2, 0) is 42.7 Å². The number of rotatable bonds is 20. The van der Waals surface area contributed by atoms with Crippen molar-refractivity contribution in [2.45, 2.75) is 35.7 Å². The van der Waals surface area contributed by atoms with Crippen LogP contribution in [-0.4, -0.2) is 77.9 Å². The number of hydrogen-bond acceptors (Lipinski definition) is 10. The molecule has 0 aliphatic heterocycles. The SMILES string of the molecule is O=C(CCNCCNS(=O)(=O)c1cccc2cnccc12)NCc1ccc(CNC(=O)CCNCCNS(=O)(=O)c2cccc3cnccc23)cc1. The zero-order chi connectivity index (χ0) is 36.8. The Balaban J connectivity index is 0.897. The topological polar surface area (TPSA) is 200 Å². The van der Waals surface area contributed by atoms with E-state index in [1.165, 1.54) is 0 Å². The quantitative estimate of drug-likeness (QED) is 0.0640. The first kappa shape index (κ1) is 38.4. The number of hydrogen-bond donors (Lipinski definition) is 6. The van der Waals surface area contributed by atoms with Crippen LogP contribution in [0.3, 0.4) is 0 Å². The van der Waals surface area contributed by atoms with Crippen LogP contribution in [0.1, 0.15) is 24.0 Å². The molecule has 2 amide bonds. The second-order valence-corrected chi connectivity index (χ2v) is 15.3. The maximum Gasteiger partial charge on any atom is 0.241 e. The number of benzene rings is 3. The molecule has 16 heteroatoms. The molecule has 2 aromatic heterocycles. The molecule has 0 saturated carbocycles. The summed E-state index contributed by atoms with van der Waals surface area (Å²) in [5.41, 5.74) is 1.82. The smallest absolute Gasteiger partial charge is 0.241 e. The maximum absolute atomic E-state index is 12.8. The van der Waals surface area contributed by atoms with Crippen molar-refractivity contribution >= 4 is 53.4 Å².